The zero-order chi connectivity index (χ0) is 25.8. The Morgan fingerprint density at radius 2 is 1.81 bits per heavy atom. The van der Waals surface area contributed by atoms with Crippen LogP contribution in [-0.4, -0.2) is 22.7 Å². The quantitative estimate of drug-likeness (QED) is 0.359. The molecule has 0 aliphatic carbocycles. The van der Waals surface area contributed by atoms with E-state index in [1.807, 2.05) is 24.4 Å². The molecule has 0 amide bonds. The van der Waals surface area contributed by atoms with E-state index >= 15 is 0 Å². The van der Waals surface area contributed by atoms with Gasteiger partial charge in [0.05, 0.1) is 23.3 Å². The fourth-order valence-corrected chi connectivity index (χ4v) is 6.00. The van der Waals surface area contributed by atoms with Crippen LogP contribution in [0.3, 0.4) is 0 Å². The normalized spacial score (nSPS) is 20.9. The predicted octanol–water partition coefficient (Wildman–Crippen LogP) is 7.67. The highest BCUT2D eigenvalue weighted by atomic mass is 35.5. The Hall–Kier alpha value is -2.89. The van der Waals surface area contributed by atoms with Gasteiger partial charge >= 0.3 is 0 Å². The molecule has 2 aromatic carbocycles. The number of nitrogens with zero attached hydrogens (tertiary/aromatic N) is 3. The Bertz CT molecular complexity index is 1330. The Kier molecular flexibility index (Phi) is 6.34. The van der Waals surface area contributed by atoms with Gasteiger partial charge < -0.3 is 15.1 Å². The first kappa shape index (κ1) is 24.8. The lowest BCUT2D eigenvalue weighted by molar-refractivity contribution is 0.567. The number of allylic oxidation sites excluding steroid dienone is 1. The van der Waals surface area contributed by atoms with E-state index in [1.54, 1.807) is 0 Å². The van der Waals surface area contributed by atoms with Gasteiger partial charge in [0.15, 0.2) is 5.11 Å². The number of hydrogen-bond acceptors (Lipinski definition) is 3. The molecule has 3 aromatic rings. The number of aromatic nitrogens is 1. The van der Waals surface area contributed by atoms with Gasteiger partial charge in [0.2, 0.25) is 0 Å². The van der Waals surface area contributed by atoms with E-state index in [1.165, 1.54) is 16.7 Å². The molecule has 0 spiro atoms. The number of likely N-dealkylation sites (N-methyl/N-ethyl adjacent to an activating group) is 1. The molecule has 2 atom stereocenters. The molecular formula is C30H33ClN4S. The largest absolute Gasteiger partial charge is 0.365 e. The van der Waals surface area contributed by atoms with Crippen LogP contribution >= 0.6 is 23.8 Å². The summed E-state index contributed by atoms with van der Waals surface area (Å²) in [5, 5.41) is 4.96. The first-order valence-electron chi connectivity index (χ1n) is 12.5. The third-order valence-electron chi connectivity index (χ3n) is 7.59. The van der Waals surface area contributed by atoms with Crippen molar-refractivity contribution < 1.29 is 0 Å². The molecule has 6 heteroatoms. The summed E-state index contributed by atoms with van der Waals surface area (Å²) in [7, 11) is 2.13. The highest BCUT2D eigenvalue weighted by Gasteiger charge is 2.42. The predicted molar refractivity (Wildman–Crippen MR) is 156 cm³/mol. The molecule has 4 nitrogen and oxygen atoms in total. The second-order valence-electron chi connectivity index (χ2n) is 10.7. The maximum Gasteiger partial charge on any atom is 0.174 e. The summed E-state index contributed by atoms with van der Waals surface area (Å²) in [6.45, 7) is 11.0. The van der Waals surface area contributed by atoms with Crippen LogP contribution < -0.4 is 15.1 Å². The summed E-state index contributed by atoms with van der Waals surface area (Å²) in [6, 6.07) is 18.8. The van der Waals surface area contributed by atoms with Gasteiger partial charge in [-0.1, -0.05) is 49.7 Å². The molecule has 1 N–H and O–H groups in total. The Morgan fingerprint density at radius 3 is 2.44 bits per heavy atom. The van der Waals surface area contributed by atoms with Gasteiger partial charge in [-0.3, -0.25) is 4.98 Å². The summed E-state index contributed by atoms with van der Waals surface area (Å²) in [4.78, 5) is 9.18. The maximum absolute atomic E-state index is 7.10. The molecule has 3 heterocycles. The number of pyridine rings is 1. The Balaban J connectivity index is 1.68. The Morgan fingerprint density at radius 1 is 1.08 bits per heavy atom. The van der Waals surface area contributed by atoms with E-state index in [9.17, 15) is 0 Å². The lowest BCUT2D eigenvalue weighted by Crippen LogP contribution is -2.42. The summed E-state index contributed by atoms with van der Waals surface area (Å²) in [5.41, 5.74) is 7.82. The Labute approximate surface area is 225 Å². The minimum Gasteiger partial charge on any atom is -0.365 e. The van der Waals surface area contributed by atoms with Crippen LogP contribution in [0.2, 0.25) is 5.02 Å². The van der Waals surface area contributed by atoms with Crippen LogP contribution in [0.5, 0.6) is 0 Å². The van der Waals surface area contributed by atoms with Crippen molar-refractivity contribution in [3.63, 3.8) is 0 Å². The second-order valence-corrected chi connectivity index (χ2v) is 11.5. The van der Waals surface area contributed by atoms with Crippen molar-refractivity contribution in [3.05, 3.63) is 94.3 Å². The number of fused-ring (bicyclic) bond motifs is 1. The molecule has 1 aromatic heterocycles. The number of thiocarbonyl (C=S) groups is 1. The molecule has 5 rings (SSSR count). The molecule has 0 radical (unpaired) electrons. The molecule has 0 unspecified atom stereocenters. The molecule has 0 saturated carbocycles. The highest BCUT2D eigenvalue weighted by molar-refractivity contribution is 7.80. The number of rotatable bonds is 4. The van der Waals surface area contributed by atoms with Gasteiger partial charge in [0.25, 0.3) is 0 Å². The summed E-state index contributed by atoms with van der Waals surface area (Å²) in [5.74, 6) is 0.464. The van der Waals surface area contributed by atoms with E-state index in [2.05, 4.69) is 104 Å². The van der Waals surface area contributed by atoms with E-state index in [4.69, 9.17) is 23.8 Å². The average molecular weight is 517 g/mol. The lowest BCUT2D eigenvalue weighted by atomic mass is 9.86. The van der Waals surface area contributed by atoms with Gasteiger partial charge in [-0.2, -0.15) is 0 Å². The van der Waals surface area contributed by atoms with E-state index < -0.39 is 0 Å². The maximum atomic E-state index is 7.10. The molecule has 1 saturated heterocycles. The minimum atomic E-state index is -0.150. The summed E-state index contributed by atoms with van der Waals surface area (Å²) >= 11 is 13.0. The van der Waals surface area contributed by atoms with Gasteiger partial charge in [-0.05, 0) is 92.0 Å². The summed E-state index contributed by atoms with van der Waals surface area (Å²) in [6.07, 6.45) is 4.15. The minimum absolute atomic E-state index is 0.0842. The lowest BCUT2D eigenvalue weighted by Gasteiger charge is -2.41. The van der Waals surface area contributed by atoms with E-state index in [0.29, 0.717) is 11.0 Å². The third kappa shape index (κ3) is 4.18. The van der Waals surface area contributed by atoms with E-state index in [0.717, 1.165) is 27.7 Å². The number of benzene rings is 2. The van der Waals surface area contributed by atoms with Crippen LogP contribution in [-0.2, 0) is 0 Å². The number of anilines is 2. The molecule has 2 aliphatic rings. The molecule has 2 aliphatic heterocycles. The average Bonchev–Trinajstić information content (AvgIpc) is 3.19. The number of halogens is 1. The third-order valence-corrected chi connectivity index (χ3v) is 8.23. The first-order valence-corrected chi connectivity index (χ1v) is 13.2. The molecular weight excluding hydrogens is 484 g/mol. The van der Waals surface area contributed by atoms with Crippen LogP contribution in [0.1, 0.15) is 75.0 Å². The van der Waals surface area contributed by atoms with Crippen molar-refractivity contribution in [1.29, 1.82) is 0 Å². The SMILES string of the molecule is CC1=CC(C)(C)N(C)c2cc(Cl)c([C@@H]3[C@H](c4ccccn4)NC(=S)N3c3ccc(C(C)C)cc3)cc21. The van der Waals surface area contributed by atoms with Crippen molar-refractivity contribution in [2.45, 2.75) is 58.2 Å². The number of hydrogen-bond donors (Lipinski definition) is 1. The standard InChI is InChI=1S/C30H33ClN4S/c1-18(2)20-10-12-21(13-11-20)35-28(27(33-29(35)36)25-9-7-8-14-32-25)23-15-22-19(3)17-30(4,5)34(6)26(22)16-24(23)31/h7-18,27-28H,1-6H3,(H,33,36)/t27-,28+/m0/s1. The van der Waals surface area contributed by atoms with Crippen molar-refractivity contribution in [1.82, 2.24) is 10.3 Å². The first-order chi connectivity index (χ1) is 17.1. The van der Waals surface area contributed by atoms with Crippen LogP contribution in [0.15, 0.2) is 66.9 Å². The molecule has 186 valence electrons. The van der Waals surface area contributed by atoms with Crippen molar-refractivity contribution in [3.8, 4) is 0 Å². The summed E-state index contributed by atoms with van der Waals surface area (Å²) < 4.78 is 0. The van der Waals surface area contributed by atoms with Gasteiger partial charge in [-0.25, -0.2) is 0 Å². The topological polar surface area (TPSA) is 31.4 Å². The molecule has 36 heavy (non-hydrogen) atoms. The number of nitrogens with one attached hydrogen (secondary N) is 1. The van der Waals surface area contributed by atoms with Crippen LogP contribution in [0.4, 0.5) is 11.4 Å². The zero-order valence-corrected chi connectivity index (χ0v) is 23.3. The molecule has 1 fully saturated rings. The highest BCUT2D eigenvalue weighted by Crippen LogP contribution is 2.47. The van der Waals surface area contributed by atoms with E-state index in [-0.39, 0.29) is 17.6 Å². The monoisotopic (exact) mass is 516 g/mol. The van der Waals surface area contributed by atoms with Crippen molar-refractivity contribution >= 4 is 45.9 Å². The fraction of sp³-hybridized carbons (Fsp3) is 0.333. The van der Waals surface area contributed by atoms with Gasteiger partial charge in [-0.15, -0.1) is 0 Å². The van der Waals surface area contributed by atoms with Crippen molar-refractivity contribution in [2.75, 3.05) is 16.8 Å². The van der Waals surface area contributed by atoms with Gasteiger partial charge in [0, 0.05) is 35.2 Å². The van der Waals surface area contributed by atoms with Gasteiger partial charge in [0.1, 0.15) is 0 Å². The smallest absolute Gasteiger partial charge is 0.174 e. The second kappa shape index (κ2) is 9.20. The molecule has 0 bridgehead atoms. The van der Waals surface area contributed by atoms with Crippen LogP contribution in [0.25, 0.3) is 5.57 Å². The van der Waals surface area contributed by atoms with Crippen LogP contribution in [0, 0.1) is 0 Å². The van der Waals surface area contributed by atoms with Crippen molar-refractivity contribution in [2.24, 2.45) is 0 Å². The zero-order valence-electron chi connectivity index (χ0n) is 21.7. The fourth-order valence-electron chi connectivity index (χ4n) is 5.38.